The summed E-state index contributed by atoms with van der Waals surface area (Å²) >= 11 is 1.77. The molecule has 1 aliphatic rings. The molecular formula is C24H26FN3O5S-2. The van der Waals surface area contributed by atoms with Gasteiger partial charge in [-0.1, -0.05) is 29.5 Å². The number of halogens is 1. The first kappa shape index (κ1) is 25.4. The smallest absolute Gasteiger partial charge is 0.186 e. The minimum absolute atomic E-state index is 0.255. The van der Waals surface area contributed by atoms with Gasteiger partial charge in [-0.2, -0.15) is 0 Å². The van der Waals surface area contributed by atoms with Crippen LogP contribution in [0.15, 0.2) is 48.5 Å². The Hall–Kier alpha value is -3.24. The number of nitrogens with zero attached hydrogens (tertiary/aromatic N) is 3. The number of aromatic nitrogens is 1. The van der Waals surface area contributed by atoms with Gasteiger partial charge < -0.3 is 34.3 Å². The van der Waals surface area contributed by atoms with Crippen LogP contribution in [0.4, 0.5) is 9.52 Å². The fourth-order valence-electron chi connectivity index (χ4n) is 3.75. The number of carboxylic acids is 2. The molecule has 10 heteroatoms. The summed E-state index contributed by atoms with van der Waals surface area (Å²) in [6.07, 6.45) is 3.33. The van der Waals surface area contributed by atoms with E-state index in [-0.39, 0.29) is 5.82 Å². The van der Waals surface area contributed by atoms with Crippen LogP contribution in [0.5, 0.6) is 5.75 Å². The maximum absolute atomic E-state index is 13.2. The number of para-hydroxylation sites is 1. The standard InChI is InChI=1S/C22H26FN3OS.C2H2O4/c1-25(22-24-20-10-2-3-11-21(20)28-22)18-8-5-12-26(16-18)13-6-14-27-19-9-4-7-17(23)15-19;3-1(4)2(5)6/h2-4,7,9-11,15,18H,5-6,8,12-14,16H2,1H3;(H,3,4)(H,5,6)/p-2. The van der Waals surface area contributed by atoms with Crippen molar-refractivity contribution in [3.8, 4) is 5.75 Å². The van der Waals surface area contributed by atoms with Crippen molar-refractivity contribution in [2.75, 3.05) is 38.2 Å². The number of ether oxygens (including phenoxy) is 1. The lowest BCUT2D eigenvalue weighted by atomic mass is 10.0. The molecule has 8 nitrogen and oxygen atoms in total. The Morgan fingerprint density at radius 3 is 2.68 bits per heavy atom. The summed E-state index contributed by atoms with van der Waals surface area (Å²) in [4.78, 5) is 27.5. The highest BCUT2D eigenvalue weighted by atomic mass is 32.1. The number of likely N-dealkylation sites (tertiary alicyclic amines) is 1. The van der Waals surface area contributed by atoms with Gasteiger partial charge in [0.15, 0.2) is 5.13 Å². The third-order valence-electron chi connectivity index (χ3n) is 5.46. The fourth-order valence-corrected chi connectivity index (χ4v) is 4.75. The van der Waals surface area contributed by atoms with Gasteiger partial charge in [0.2, 0.25) is 0 Å². The van der Waals surface area contributed by atoms with Gasteiger partial charge in [0.1, 0.15) is 11.6 Å². The monoisotopic (exact) mass is 487 g/mol. The second-order valence-electron chi connectivity index (χ2n) is 7.91. The molecule has 34 heavy (non-hydrogen) atoms. The predicted molar refractivity (Wildman–Crippen MR) is 124 cm³/mol. The molecule has 3 aromatic rings. The summed E-state index contributed by atoms with van der Waals surface area (Å²) < 4.78 is 20.1. The summed E-state index contributed by atoms with van der Waals surface area (Å²) in [5.41, 5.74) is 1.08. The van der Waals surface area contributed by atoms with Gasteiger partial charge in [0.05, 0.1) is 28.8 Å². The van der Waals surface area contributed by atoms with Crippen LogP contribution in [0, 0.1) is 5.82 Å². The minimum Gasteiger partial charge on any atom is -0.543 e. The molecule has 1 aromatic heterocycles. The largest absolute Gasteiger partial charge is 0.543 e. The molecule has 1 fully saturated rings. The maximum Gasteiger partial charge on any atom is 0.186 e. The van der Waals surface area contributed by atoms with Crippen molar-refractivity contribution in [2.24, 2.45) is 0 Å². The van der Waals surface area contributed by atoms with E-state index in [1.54, 1.807) is 23.5 Å². The highest BCUT2D eigenvalue weighted by Crippen LogP contribution is 2.30. The van der Waals surface area contributed by atoms with E-state index in [0.29, 0.717) is 18.4 Å². The lowest BCUT2D eigenvalue weighted by molar-refractivity contribution is -0.345. The van der Waals surface area contributed by atoms with Crippen LogP contribution < -0.4 is 19.8 Å². The van der Waals surface area contributed by atoms with Crippen LogP contribution >= 0.6 is 11.3 Å². The number of likely N-dealkylation sites (N-methyl/N-ethyl adjacent to an activating group) is 1. The average molecular weight is 488 g/mol. The molecule has 1 atom stereocenters. The number of fused-ring (bicyclic) bond motifs is 1. The number of carbonyl (C=O) groups is 2. The first-order valence-corrected chi connectivity index (χ1v) is 11.8. The zero-order valence-electron chi connectivity index (χ0n) is 18.8. The van der Waals surface area contributed by atoms with Crippen molar-refractivity contribution in [1.82, 2.24) is 9.88 Å². The molecule has 4 rings (SSSR count). The molecule has 0 radical (unpaired) electrons. The Morgan fingerprint density at radius 2 is 1.97 bits per heavy atom. The summed E-state index contributed by atoms with van der Waals surface area (Å²) in [5.74, 6) is -4.02. The molecule has 0 bridgehead atoms. The van der Waals surface area contributed by atoms with Crippen molar-refractivity contribution in [1.29, 1.82) is 0 Å². The topological polar surface area (TPSA) is 109 Å². The van der Waals surface area contributed by atoms with Crippen LogP contribution in [0.1, 0.15) is 19.3 Å². The number of rotatable bonds is 7. The van der Waals surface area contributed by atoms with Gasteiger partial charge in [0.25, 0.3) is 0 Å². The highest BCUT2D eigenvalue weighted by Gasteiger charge is 2.24. The Bertz CT molecular complexity index is 1060. The highest BCUT2D eigenvalue weighted by molar-refractivity contribution is 7.22. The van der Waals surface area contributed by atoms with E-state index in [2.05, 4.69) is 35.0 Å². The fraction of sp³-hybridized carbons (Fsp3) is 0.375. The van der Waals surface area contributed by atoms with Crippen LogP contribution in [0.25, 0.3) is 10.2 Å². The van der Waals surface area contributed by atoms with E-state index in [1.165, 1.54) is 29.7 Å². The number of carbonyl (C=O) groups excluding carboxylic acids is 2. The molecule has 1 unspecified atom stereocenters. The molecule has 1 aliphatic heterocycles. The lowest BCUT2D eigenvalue weighted by Crippen LogP contribution is -2.47. The Kier molecular flexibility index (Phi) is 9.17. The van der Waals surface area contributed by atoms with Gasteiger partial charge in [-0.25, -0.2) is 9.37 Å². The van der Waals surface area contributed by atoms with E-state index < -0.39 is 11.9 Å². The molecular weight excluding hydrogens is 461 g/mol. The molecule has 2 aromatic carbocycles. The lowest BCUT2D eigenvalue weighted by Gasteiger charge is -2.37. The number of hydrogen-bond donors (Lipinski definition) is 0. The van der Waals surface area contributed by atoms with Crippen molar-refractivity contribution in [2.45, 2.75) is 25.3 Å². The molecule has 0 spiro atoms. The summed E-state index contributed by atoms with van der Waals surface area (Å²) in [5, 5.41) is 19.0. The van der Waals surface area contributed by atoms with E-state index in [4.69, 9.17) is 29.5 Å². The van der Waals surface area contributed by atoms with E-state index in [1.807, 2.05) is 6.07 Å². The Balaban J connectivity index is 0.000000481. The molecule has 2 heterocycles. The van der Waals surface area contributed by atoms with Crippen LogP contribution in [-0.4, -0.2) is 61.2 Å². The first-order chi connectivity index (χ1) is 16.3. The zero-order valence-corrected chi connectivity index (χ0v) is 19.6. The molecule has 0 amide bonds. The van der Waals surface area contributed by atoms with Crippen LogP contribution in [0.2, 0.25) is 0 Å². The number of thiazole rings is 1. The van der Waals surface area contributed by atoms with E-state index >= 15 is 0 Å². The minimum atomic E-state index is -2.19. The Morgan fingerprint density at radius 1 is 1.21 bits per heavy atom. The van der Waals surface area contributed by atoms with Gasteiger partial charge in [-0.3, -0.25) is 0 Å². The van der Waals surface area contributed by atoms with Gasteiger partial charge in [0, 0.05) is 32.2 Å². The van der Waals surface area contributed by atoms with Crippen LogP contribution in [0.3, 0.4) is 0 Å². The van der Waals surface area contributed by atoms with Crippen molar-refractivity contribution in [3.63, 3.8) is 0 Å². The number of anilines is 1. The normalized spacial score (nSPS) is 15.9. The molecule has 0 N–H and O–H groups in total. The first-order valence-electron chi connectivity index (χ1n) is 10.9. The predicted octanol–water partition coefficient (Wildman–Crippen LogP) is 1.29. The van der Waals surface area contributed by atoms with Gasteiger partial charge >= 0.3 is 0 Å². The number of carboxylic acid groups (broad SMARTS) is 2. The van der Waals surface area contributed by atoms with Crippen molar-refractivity contribution in [3.05, 3.63) is 54.3 Å². The second kappa shape index (κ2) is 12.3. The number of hydrogen-bond acceptors (Lipinski definition) is 9. The SMILES string of the molecule is CN(c1nc2ccccc2s1)C1CCCN(CCCOc2cccc(F)c2)C1.O=C([O-])C(=O)[O-]. The van der Waals surface area contributed by atoms with Crippen molar-refractivity contribution >= 4 is 38.6 Å². The summed E-state index contributed by atoms with van der Waals surface area (Å²) in [6.45, 7) is 3.79. The molecule has 0 aliphatic carbocycles. The number of piperidine rings is 1. The third-order valence-corrected chi connectivity index (χ3v) is 6.59. The van der Waals surface area contributed by atoms with Crippen molar-refractivity contribution < 1.29 is 28.9 Å². The number of aliphatic carboxylic acids is 2. The number of benzene rings is 2. The van der Waals surface area contributed by atoms with Gasteiger partial charge in [-0.05, 0) is 50.1 Å². The molecule has 0 saturated carbocycles. The maximum atomic E-state index is 13.2. The quantitative estimate of drug-likeness (QED) is 0.362. The van der Waals surface area contributed by atoms with Crippen LogP contribution in [-0.2, 0) is 9.59 Å². The van der Waals surface area contributed by atoms with Gasteiger partial charge in [-0.15, -0.1) is 0 Å². The second-order valence-corrected chi connectivity index (χ2v) is 8.92. The zero-order chi connectivity index (χ0) is 24.5. The van der Waals surface area contributed by atoms with E-state index in [9.17, 15) is 4.39 Å². The molecule has 182 valence electrons. The summed E-state index contributed by atoms with van der Waals surface area (Å²) in [6, 6.07) is 15.2. The van der Waals surface area contributed by atoms with E-state index in [0.717, 1.165) is 36.7 Å². The third kappa shape index (κ3) is 7.39. The average Bonchev–Trinajstić information content (AvgIpc) is 3.26. The molecule has 1 saturated heterocycles. The Labute approximate surface area is 201 Å². The summed E-state index contributed by atoms with van der Waals surface area (Å²) in [7, 11) is 2.17.